The first-order valence-corrected chi connectivity index (χ1v) is 6.77. The van der Waals surface area contributed by atoms with Crippen LogP contribution in [0.2, 0.25) is 0 Å². The SMILES string of the molecule is NC(CNC(=O)c1cnn2ccccc12)c1ccccc1. The van der Waals surface area contributed by atoms with Crippen LogP contribution in [0.1, 0.15) is 22.0 Å². The number of carbonyl (C=O) groups excluding carboxylic acids is 1. The van der Waals surface area contributed by atoms with E-state index in [9.17, 15) is 4.79 Å². The molecule has 1 amide bonds. The number of hydrogen-bond donors (Lipinski definition) is 2. The van der Waals surface area contributed by atoms with Gasteiger partial charge >= 0.3 is 0 Å². The molecule has 0 aliphatic heterocycles. The van der Waals surface area contributed by atoms with Crippen molar-refractivity contribution in [3.8, 4) is 0 Å². The maximum atomic E-state index is 12.2. The summed E-state index contributed by atoms with van der Waals surface area (Å²) in [5.74, 6) is -0.164. The van der Waals surface area contributed by atoms with Gasteiger partial charge in [-0.05, 0) is 17.7 Å². The second kappa shape index (κ2) is 5.76. The van der Waals surface area contributed by atoms with Gasteiger partial charge in [-0.15, -0.1) is 0 Å². The molecule has 0 aliphatic rings. The second-order valence-electron chi connectivity index (χ2n) is 4.82. The van der Waals surface area contributed by atoms with Gasteiger partial charge in [-0.25, -0.2) is 4.52 Å². The largest absolute Gasteiger partial charge is 0.350 e. The Hall–Kier alpha value is -2.66. The third-order valence-corrected chi connectivity index (χ3v) is 3.38. The summed E-state index contributed by atoms with van der Waals surface area (Å²) in [5, 5.41) is 7.01. The average molecular weight is 280 g/mol. The Bertz CT molecular complexity index is 751. The molecule has 0 saturated carbocycles. The zero-order valence-electron chi connectivity index (χ0n) is 11.4. The number of benzene rings is 1. The van der Waals surface area contributed by atoms with E-state index in [1.165, 1.54) is 0 Å². The van der Waals surface area contributed by atoms with Crippen LogP contribution in [0.25, 0.3) is 5.52 Å². The van der Waals surface area contributed by atoms with E-state index in [-0.39, 0.29) is 11.9 Å². The first-order chi connectivity index (χ1) is 10.3. The summed E-state index contributed by atoms with van der Waals surface area (Å²) in [4.78, 5) is 12.2. The number of pyridine rings is 1. The molecule has 2 aromatic heterocycles. The zero-order valence-corrected chi connectivity index (χ0v) is 11.4. The summed E-state index contributed by atoms with van der Waals surface area (Å²) in [7, 11) is 0. The average Bonchev–Trinajstić information content (AvgIpc) is 2.97. The van der Waals surface area contributed by atoms with Crippen molar-refractivity contribution in [2.45, 2.75) is 6.04 Å². The van der Waals surface area contributed by atoms with Crippen molar-refractivity contribution in [1.29, 1.82) is 0 Å². The minimum atomic E-state index is -0.225. The summed E-state index contributed by atoms with van der Waals surface area (Å²) < 4.78 is 1.67. The lowest BCUT2D eigenvalue weighted by Gasteiger charge is -2.12. The molecule has 2 heterocycles. The van der Waals surface area contributed by atoms with E-state index in [0.29, 0.717) is 12.1 Å². The van der Waals surface area contributed by atoms with E-state index >= 15 is 0 Å². The predicted molar refractivity (Wildman–Crippen MR) is 80.9 cm³/mol. The first kappa shape index (κ1) is 13.3. The fraction of sp³-hybridized carbons (Fsp3) is 0.125. The minimum Gasteiger partial charge on any atom is -0.350 e. The van der Waals surface area contributed by atoms with E-state index in [1.807, 2.05) is 54.7 Å². The topological polar surface area (TPSA) is 72.4 Å². The highest BCUT2D eigenvalue weighted by molar-refractivity contribution is 6.00. The van der Waals surface area contributed by atoms with Crippen LogP contribution in [0.15, 0.2) is 60.9 Å². The molecule has 21 heavy (non-hydrogen) atoms. The van der Waals surface area contributed by atoms with Gasteiger partial charge in [-0.3, -0.25) is 4.79 Å². The van der Waals surface area contributed by atoms with Gasteiger partial charge in [0, 0.05) is 18.8 Å². The molecule has 1 atom stereocenters. The Morgan fingerprint density at radius 3 is 2.76 bits per heavy atom. The molecule has 3 aromatic rings. The van der Waals surface area contributed by atoms with Crippen molar-refractivity contribution in [3.63, 3.8) is 0 Å². The van der Waals surface area contributed by atoms with Gasteiger partial charge in [0.25, 0.3) is 5.91 Å². The minimum absolute atomic E-state index is 0.164. The number of nitrogens with one attached hydrogen (secondary N) is 1. The van der Waals surface area contributed by atoms with Crippen LogP contribution in [0.3, 0.4) is 0 Å². The number of carbonyl (C=O) groups is 1. The van der Waals surface area contributed by atoms with Crippen molar-refractivity contribution in [2.24, 2.45) is 5.73 Å². The Morgan fingerprint density at radius 2 is 1.95 bits per heavy atom. The van der Waals surface area contributed by atoms with Crippen LogP contribution in [-0.2, 0) is 0 Å². The van der Waals surface area contributed by atoms with Crippen molar-refractivity contribution in [2.75, 3.05) is 6.54 Å². The van der Waals surface area contributed by atoms with Gasteiger partial charge in [0.05, 0.1) is 17.3 Å². The van der Waals surface area contributed by atoms with Crippen molar-refractivity contribution in [3.05, 3.63) is 72.1 Å². The van der Waals surface area contributed by atoms with Gasteiger partial charge in [-0.1, -0.05) is 36.4 Å². The lowest BCUT2D eigenvalue weighted by atomic mass is 10.1. The van der Waals surface area contributed by atoms with Crippen LogP contribution in [-0.4, -0.2) is 22.1 Å². The van der Waals surface area contributed by atoms with Crippen LogP contribution in [0, 0.1) is 0 Å². The number of amides is 1. The van der Waals surface area contributed by atoms with E-state index in [1.54, 1.807) is 10.7 Å². The molecule has 0 spiro atoms. The smallest absolute Gasteiger partial charge is 0.255 e. The van der Waals surface area contributed by atoms with Crippen molar-refractivity contribution >= 4 is 11.4 Å². The molecule has 0 fully saturated rings. The first-order valence-electron chi connectivity index (χ1n) is 6.77. The highest BCUT2D eigenvalue weighted by atomic mass is 16.1. The quantitative estimate of drug-likeness (QED) is 0.765. The van der Waals surface area contributed by atoms with Crippen LogP contribution in [0.4, 0.5) is 0 Å². The van der Waals surface area contributed by atoms with Crippen LogP contribution >= 0.6 is 0 Å². The molecule has 0 bridgehead atoms. The third-order valence-electron chi connectivity index (χ3n) is 3.38. The van der Waals surface area contributed by atoms with Gasteiger partial charge in [-0.2, -0.15) is 5.10 Å². The third kappa shape index (κ3) is 2.78. The highest BCUT2D eigenvalue weighted by Crippen LogP contribution is 2.11. The fourth-order valence-corrected chi connectivity index (χ4v) is 2.23. The monoisotopic (exact) mass is 280 g/mol. The summed E-state index contributed by atoms with van der Waals surface area (Å²) in [6.45, 7) is 0.382. The number of nitrogens with two attached hydrogens (primary N) is 1. The molecule has 0 radical (unpaired) electrons. The number of rotatable bonds is 4. The molecule has 106 valence electrons. The zero-order chi connectivity index (χ0) is 14.7. The molecule has 5 heteroatoms. The van der Waals surface area contributed by atoms with E-state index < -0.39 is 0 Å². The van der Waals surface area contributed by atoms with E-state index in [0.717, 1.165) is 11.1 Å². The summed E-state index contributed by atoms with van der Waals surface area (Å²) >= 11 is 0. The number of hydrogen-bond acceptors (Lipinski definition) is 3. The molecule has 5 nitrogen and oxygen atoms in total. The van der Waals surface area contributed by atoms with Gasteiger partial charge < -0.3 is 11.1 Å². The number of aromatic nitrogens is 2. The van der Waals surface area contributed by atoms with Gasteiger partial charge in [0.15, 0.2) is 0 Å². The molecule has 0 aliphatic carbocycles. The van der Waals surface area contributed by atoms with Crippen molar-refractivity contribution < 1.29 is 4.79 Å². The van der Waals surface area contributed by atoms with Crippen LogP contribution < -0.4 is 11.1 Å². The van der Waals surface area contributed by atoms with Gasteiger partial charge in [0.1, 0.15) is 0 Å². The molecular formula is C16H16N4O. The van der Waals surface area contributed by atoms with Gasteiger partial charge in [0.2, 0.25) is 0 Å². The van der Waals surface area contributed by atoms with Crippen LogP contribution in [0.5, 0.6) is 0 Å². The van der Waals surface area contributed by atoms with E-state index in [2.05, 4.69) is 10.4 Å². The molecule has 3 N–H and O–H groups in total. The Labute approximate surface area is 122 Å². The Balaban J connectivity index is 1.70. The molecule has 3 rings (SSSR count). The van der Waals surface area contributed by atoms with Crippen molar-refractivity contribution in [1.82, 2.24) is 14.9 Å². The molecule has 1 unspecified atom stereocenters. The molecule has 0 saturated heterocycles. The Morgan fingerprint density at radius 1 is 1.19 bits per heavy atom. The van der Waals surface area contributed by atoms with E-state index in [4.69, 9.17) is 5.73 Å². The predicted octanol–water partition coefficient (Wildman–Crippen LogP) is 1.76. The molecular weight excluding hydrogens is 264 g/mol. The fourth-order valence-electron chi connectivity index (χ4n) is 2.23. The Kier molecular flexibility index (Phi) is 3.66. The standard InChI is InChI=1S/C16H16N4O/c17-14(12-6-2-1-3-7-12)11-18-16(21)13-10-19-20-9-5-4-8-15(13)20/h1-10,14H,11,17H2,(H,18,21). The lowest BCUT2D eigenvalue weighted by Crippen LogP contribution is -2.31. The normalized spacial score (nSPS) is 12.2. The lowest BCUT2D eigenvalue weighted by molar-refractivity contribution is 0.0953. The number of nitrogens with zero attached hydrogens (tertiary/aromatic N) is 2. The number of fused-ring (bicyclic) bond motifs is 1. The second-order valence-corrected chi connectivity index (χ2v) is 4.82. The molecule has 1 aromatic carbocycles. The summed E-state index contributed by atoms with van der Waals surface area (Å²) in [6.07, 6.45) is 3.38. The highest BCUT2D eigenvalue weighted by Gasteiger charge is 2.13. The maximum absolute atomic E-state index is 12.2. The maximum Gasteiger partial charge on any atom is 0.255 e. The summed E-state index contributed by atoms with van der Waals surface area (Å²) in [5.41, 5.74) is 8.40. The summed E-state index contributed by atoms with van der Waals surface area (Å²) in [6, 6.07) is 15.1.